The average molecular weight is 367 g/mol. The molecule has 0 bridgehead atoms. The second-order valence-corrected chi connectivity index (χ2v) is 6.85. The molecule has 5 nitrogen and oxygen atoms in total. The van der Waals surface area contributed by atoms with E-state index in [1.807, 2.05) is 0 Å². The van der Waals surface area contributed by atoms with Crippen LogP contribution in [-0.4, -0.2) is 18.2 Å². The van der Waals surface area contributed by atoms with Crippen molar-refractivity contribution < 1.29 is 21.6 Å². The van der Waals surface area contributed by atoms with Crippen LogP contribution in [0.3, 0.4) is 0 Å². The van der Waals surface area contributed by atoms with Gasteiger partial charge in [-0.05, 0) is 24.3 Å². The van der Waals surface area contributed by atoms with Gasteiger partial charge in [-0.3, -0.25) is 9.40 Å². The van der Waals surface area contributed by atoms with Gasteiger partial charge in [-0.15, -0.1) is 0 Å². The van der Waals surface area contributed by atoms with E-state index in [4.69, 9.17) is 0 Å². The molecule has 3 rings (SSSR count). The third kappa shape index (κ3) is 3.82. The second-order valence-electron chi connectivity index (χ2n) is 5.20. The van der Waals surface area contributed by atoms with Crippen LogP contribution in [0.1, 0.15) is 5.56 Å². The average Bonchev–Trinajstić information content (AvgIpc) is 2.98. The Bertz CT molecular complexity index is 1020. The van der Waals surface area contributed by atoms with Crippen molar-refractivity contribution >= 4 is 15.7 Å². The maximum atomic E-state index is 13.7. The Kier molecular flexibility index (Phi) is 4.49. The lowest BCUT2D eigenvalue weighted by molar-refractivity contribution is 0.555. The van der Waals surface area contributed by atoms with Crippen LogP contribution in [0.2, 0.25) is 0 Å². The van der Waals surface area contributed by atoms with Crippen LogP contribution in [0.5, 0.6) is 0 Å². The lowest BCUT2D eigenvalue weighted by atomic mass is 10.2. The zero-order chi connectivity index (χ0) is 18.0. The monoisotopic (exact) mass is 367 g/mol. The number of halogens is 3. The highest BCUT2D eigenvalue weighted by Gasteiger charge is 2.20. The summed E-state index contributed by atoms with van der Waals surface area (Å²) in [4.78, 5) is -0.811. The molecule has 0 aliphatic carbocycles. The number of anilines is 1. The fourth-order valence-electron chi connectivity index (χ4n) is 2.20. The first kappa shape index (κ1) is 17.0. The summed E-state index contributed by atoms with van der Waals surface area (Å²) in [7, 11) is -4.33. The van der Waals surface area contributed by atoms with Gasteiger partial charge in [-0.25, -0.2) is 21.6 Å². The molecule has 0 fully saturated rings. The van der Waals surface area contributed by atoms with Crippen molar-refractivity contribution in [3.8, 4) is 0 Å². The quantitative estimate of drug-likeness (QED) is 0.754. The minimum absolute atomic E-state index is 0.0417. The Morgan fingerprint density at radius 1 is 1.04 bits per heavy atom. The molecule has 0 radical (unpaired) electrons. The molecule has 3 aromatic rings. The Morgan fingerprint density at radius 3 is 2.56 bits per heavy atom. The zero-order valence-electron chi connectivity index (χ0n) is 12.7. The molecule has 25 heavy (non-hydrogen) atoms. The number of hydrogen-bond acceptors (Lipinski definition) is 3. The molecule has 1 aromatic heterocycles. The Labute approximate surface area is 141 Å². The third-order valence-corrected chi connectivity index (χ3v) is 4.75. The van der Waals surface area contributed by atoms with Gasteiger partial charge < -0.3 is 0 Å². The largest absolute Gasteiger partial charge is 0.276 e. The molecule has 1 heterocycles. The fourth-order valence-corrected chi connectivity index (χ4v) is 3.32. The van der Waals surface area contributed by atoms with Crippen molar-refractivity contribution in [1.82, 2.24) is 9.78 Å². The summed E-state index contributed by atoms with van der Waals surface area (Å²) in [6.07, 6.45) is 2.51. The van der Waals surface area contributed by atoms with E-state index in [-0.39, 0.29) is 12.2 Å². The Morgan fingerprint density at radius 2 is 1.80 bits per heavy atom. The SMILES string of the molecule is O=S(=O)(Nc1cnn(Cc2ccccc2F)c1)c1cc(F)ccc1F. The number of rotatable bonds is 5. The van der Waals surface area contributed by atoms with Crippen molar-refractivity contribution in [1.29, 1.82) is 0 Å². The molecule has 0 amide bonds. The summed E-state index contributed by atoms with van der Waals surface area (Å²) in [5, 5.41) is 3.93. The number of nitrogens with zero attached hydrogens (tertiary/aromatic N) is 2. The summed E-state index contributed by atoms with van der Waals surface area (Å²) < 4.78 is 68.3. The molecule has 0 atom stereocenters. The van der Waals surface area contributed by atoms with Crippen LogP contribution in [0.25, 0.3) is 0 Å². The maximum absolute atomic E-state index is 13.7. The van der Waals surface area contributed by atoms with Crippen molar-refractivity contribution in [3.05, 3.63) is 77.9 Å². The van der Waals surface area contributed by atoms with Crippen molar-refractivity contribution in [2.24, 2.45) is 0 Å². The van der Waals surface area contributed by atoms with Crippen LogP contribution >= 0.6 is 0 Å². The maximum Gasteiger partial charge on any atom is 0.265 e. The first-order valence-electron chi connectivity index (χ1n) is 7.09. The number of aromatic nitrogens is 2. The van der Waals surface area contributed by atoms with Gasteiger partial charge in [0.05, 0.1) is 18.4 Å². The van der Waals surface area contributed by atoms with Gasteiger partial charge in [0, 0.05) is 11.8 Å². The molecule has 130 valence electrons. The molecule has 9 heteroatoms. The molecule has 1 N–H and O–H groups in total. The molecule has 0 aliphatic rings. The predicted molar refractivity (Wildman–Crippen MR) is 84.9 cm³/mol. The topological polar surface area (TPSA) is 64.0 Å². The Hall–Kier alpha value is -2.81. The highest BCUT2D eigenvalue weighted by molar-refractivity contribution is 7.92. The third-order valence-electron chi connectivity index (χ3n) is 3.36. The van der Waals surface area contributed by atoms with Crippen molar-refractivity contribution in [2.45, 2.75) is 11.4 Å². The van der Waals surface area contributed by atoms with E-state index in [9.17, 15) is 21.6 Å². The second kappa shape index (κ2) is 6.60. The Balaban J connectivity index is 1.81. The summed E-state index contributed by atoms with van der Waals surface area (Å²) in [5.74, 6) is -2.37. The summed E-state index contributed by atoms with van der Waals surface area (Å²) >= 11 is 0. The van der Waals surface area contributed by atoms with Gasteiger partial charge in [-0.2, -0.15) is 5.10 Å². The van der Waals surface area contributed by atoms with E-state index in [1.165, 1.54) is 23.1 Å². The molecular formula is C16H12F3N3O2S. The van der Waals surface area contributed by atoms with Gasteiger partial charge in [-0.1, -0.05) is 18.2 Å². The fraction of sp³-hybridized carbons (Fsp3) is 0.0625. The van der Waals surface area contributed by atoms with E-state index in [1.54, 1.807) is 18.2 Å². The lowest BCUT2D eigenvalue weighted by Crippen LogP contribution is -2.14. The van der Waals surface area contributed by atoms with Gasteiger partial charge in [0.1, 0.15) is 22.3 Å². The first-order chi connectivity index (χ1) is 11.8. The molecule has 2 aromatic carbocycles. The van der Waals surface area contributed by atoms with E-state index in [0.29, 0.717) is 11.6 Å². The van der Waals surface area contributed by atoms with Crippen LogP contribution in [-0.2, 0) is 16.6 Å². The van der Waals surface area contributed by atoms with Crippen molar-refractivity contribution in [2.75, 3.05) is 4.72 Å². The van der Waals surface area contributed by atoms with Crippen LogP contribution in [0.15, 0.2) is 59.8 Å². The van der Waals surface area contributed by atoms with Crippen LogP contribution in [0, 0.1) is 17.5 Å². The standard InChI is InChI=1S/C16H12F3N3O2S/c17-12-5-6-15(19)16(7-12)25(23,24)21-13-8-20-22(10-13)9-11-3-1-2-4-14(11)18/h1-8,10,21H,9H2. The highest BCUT2D eigenvalue weighted by Crippen LogP contribution is 2.20. The number of sulfonamides is 1. The lowest BCUT2D eigenvalue weighted by Gasteiger charge is -2.07. The van der Waals surface area contributed by atoms with E-state index in [2.05, 4.69) is 9.82 Å². The first-order valence-corrected chi connectivity index (χ1v) is 8.57. The van der Waals surface area contributed by atoms with Crippen molar-refractivity contribution in [3.63, 3.8) is 0 Å². The van der Waals surface area contributed by atoms with E-state index >= 15 is 0 Å². The molecule has 0 aliphatic heterocycles. The molecule has 0 spiro atoms. The van der Waals surface area contributed by atoms with Crippen LogP contribution < -0.4 is 4.72 Å². The van der Waals surface area contributed by atoms with Gasteiger partial charge in [0.25, 0.3) is 10.0 Å². The van der Waals surface area contributed by atoms with Gasteiger partial charge >= 0.3 is 0 Å². The minimum Gasteiger partial charge on any atom is -0.276 e. The predicted octanol–water partition coefficient (Wildman–Crippen LogP) is 3.15. The summed E-state index contributed by atoms with van der Waals surface area (Å²) in [5.41, 5.74) is 0.413. The number of benzene rings is 2. The molecule has 0 unspecified atom stereocenters. The minimum atomic E-state index is -4.33. The molecule has 0 saturated heterocycles. The van der Waals surface area contributed by atoms with E-state index in [0.717, 1.165) is 12.1 Å². The van der Waals surface area contributed by atoms with Gasteiger partial charge in [0.2, 0.25) is 0 Å². The molecular weight excluding hydrogens is 355 g/mol. The van der Waals surface area contributed by atoms with Crippen LogP contribution in [0.4, 0.5) is 18.9 Å². The summed E-state index contributed by atoms with van der Waals surface area (Å²) in [6, 6.07) is 8.22. The molecule has 0 saturated carbocycles. The number of hydrogen-bond donors (Lipinski definition) is 1. The summed E-state index contributed by atoms with van der Waals surface area (Å²) in [6.45, 7) is 0.0860. The normalized spacial score (nSPS) is 11.5. The highest BCUT2D eigenvalue weighted by atomic mass is 32.2. The van der Waals surface area contributed by atoms with E-state index < -0.39 is 32.4 Å². The van der Waals surface area contributed by atoms with Gasteiger partial charge in [0.15, 0.2) is 0 Å². The zero-order valence-corrected chi connectivity index (χ0v) is 13.5. The number of nitrogens with one attached hydrogen (secondary N) is 1. The smallest absolute Gasteiger partial charge is 0.265 e.